The van der Waals surface area contributed by atoms with E-state index >= 15 is 0 Å². The predicted octanol–water partition coefficient (Wildman–Crippen LogP) is 4.10. The normalized spacial score (nSPS) is 13.0. The Kier molecular flexibility index (Phi) is 6.27. The lowest BCUT2D eigenvalue weighted by Crippen LogP contribution is -2.39. The van der Waals surface area contributed by atoms with Crippen molar-refractivity contribution in [2.45, 2.75) is 19.6 Å². The number of rotatable bonds is 5. The molecule has 6 nitrogen and oxygen atoms in total. The van der Waals surface area contributed by atoms with E-state index in [0.29, 0.717) is 11.7 Å². The number of ether oxygens (including phenoxy) is 1. The first kappa shape index (κ1) is 22.0. The highest BCUT2D eigenvalue weighted by atomic mass is 32.1. The molecular formula is C23H25F2N5OS. The van der Waals surface area contributed by atoms with Gasteiger partial charge in [0.2, 0.25) is 0 Å². The second-order valence-electron chi connectivity index (χ2n) is 7.93. The molecule has 0 radical (unpaired) electrons. The highest BCUT2D eigenvalue weighted by Gasteiger charge is 2.25. The van der Waals surface area contributed by atoms with Crippen LogP contribution in [0.1, 0.15) is 17.0 Å². The second-order valence-corrected chi connectivity index (χ2v) is 8.32. The van der Waals surface area contributed by atoms with Crippen LogP contribution in [-0.2, 0) is 26.6 Å². The van der Waals surface area contributed by atoms with E-state index in [-0.39, 0.29) is 12.4 Å². The number of nitrogens with zero attached hydrogens (tertiary/aromatic N) is 4. The Morgan fingerprint density at radius 3 is 2.50 bits per heavy atom. The van der Waals surface area contributed by atoms with Crippen LogP contribution in [0.15, 0.2) is 42.5 Å². The molecule has 2 heterocycles. The molecule has 168 valence electrons. The van der Waals surface area contributed by atoms with Gasteiger partial charge in [-0.2, -0.15) is 5.10 Å². The Morgan fingerprint density at radius 2 is 1.84 bits per heavy atom. The molecule has 1 aliphatic rings. The maximum Gasteiger partial charge on any atom is 0.173 e. The number of anilines is 2. The van der Waals surface area contributed by atoms with Gasteiger partial charge in [0.15, 0.2) is 5.11 Å². The number of fused-ring (bicyclic) bond motifs is 1. The number of hydrogen-bond donors (Lipinski definition) is 1. The number of benzene rings is 2. The van der Waals surface area contributed by atoms with Crippen molar-refractivity contribution < 1.29 is 13.5 Å². The van der Waals surface area contributed by atoms with E-state index in [2.05, 4.69) is 15.3 Å². The lowest BCUT2D eigenvalue weighted by Gasteiger charge is -2.30. The van der Waals surface area contributed by atoms with E-state index < -0.39 is 11.6 Å². The lowest BCUT2D eigenvalue weighted by molar-refractivity contribution is 0.293. The zero-order valence-corrected chi connectivity index (χ0v) is 19.0. The Morgan fingerprint density at radius 1 is 1.16 bits per heavy atom. The smallest absolute Gasteiger partial charge is 0.173 e. The largest absolute Gasteiger partial charge is 0.487 e. The topological polar surface area (TPSA) is 45.6 Å². The molecule has 0 saturated carbocycles. The van der Waals surface area contributed by atoms with Crippen LogP contribution < -0.4 is 15.0 Å². The third kappa shape index (κ3) is 4.83. The van der Waals surface area contributed by atoms with E-state index in [1.54, 1.807) is 0 Å². The van der Waals surface area contributed by atoms with Gasteiger partial charge in [0.25, 0.3) is 0 Å². The summed E-state index contributed by atoms with van der Waals surface area (Å²) < 4.78 is 34.4. The van der Waals surface area contributed by atoms with Gasteiger partial charge in [-0.25, -0.2) is 8.78 Å². The Balaban J connectivity index is 1.44. The van der Waals surface area contributed by atoms with E-state index in [1.807, 2.05) is 55.0 Å². The SMILES string of the molecule is CN(C)c1ccc(NC(=S)N2CCc3c(c(COc4cc(F)cc(F)c4)nn3C)C2)cc1. The van der Waals surface area contributed by atoms with Gasteiger partial charge in [-0.05, 0) is 36.5 Å². The van der Waals surface area contributed by atoms with Crippen molar-refractivity contribution in [1.82, 2.24) is 14.7 Å². The van der Waals surface area contributed by atoms with Crippen LogP contribution in [0.25, 0.3) is 0 Å². The van der Waals surface area contributed by atoms with Crippen LogP contribution in [0.5, 0.6) is 5.75 Å². The zero-order valence-electron chi connectivity index (χ0n) is 18.2. The summed E-state index contributed by atoms with van der Waals surface area (Å²) in [5.41, 5.74) is 4.91. The van der Waals surface area contributed by atoms with E-state index in [0.717, 1.165) is 59.5 Å². The number of aromatic nitrogens is 2. The van der Waals surface area contributed by atoms with Gasteiger partial charge < -0.3 is 19.9 Å². The lowest BCUT2D eigenvalue weighted by atomic mass is 10.1. The molecule has 1 N–H and O–H groups in total. The van der Waals surface area contributed by atoms with Crippen molar-refractivity contribution in [3.05, 3.63) is 71.1 Å². The predicted molar refractivity (Wildman–Crippen MR) is 125 cm³/mol. The molecule has 0 saturated heterocycles. The van der Waals surface area contributed by atoms with Crippen molar-refractivity contribution in [3.63, 3.8) is 0 Å². The average Bonchev–Trinajstić information content (AvgIpc) is 3.07. The first-order valence-electron chi connectivity index (χ1n) is 10.3. The van der Waals surface area contributed by atoms with Gasteiger partial charge in [-0.1, -0.05) is 0 Å². The van der Waals surface area contributed by atoms with Gasteiger partial charge in [0.1, 0.15) is 29.7 Å². The molecule has 3 aromatic rings. The summed E-state index contributed by atoms with van der Waals surface area (Å²) in [4.78, 5) is 4.13. The molecule has 0 amide bonds. The van der Waals surface area contributed by atoms with Crippen molar-refractivity contribution in [3.8, 4) is 5.75 Å². The van der Waals surface area contributed by atoms with Gasteiger partial charge in [0.05, 0.1) is 0 Å². The third-order valence-corrected chi connectivity index (χ3v) is 5.82. The minimum atomic E-state index is -0.677. The summed E-state index contributed by atoms with van der Waals surface area (Å²) in [6, 6.07) is 11.2. The quantitative estimate of drug-likeness (QED) is 0.582. The van der Waals surface area contributed by atoms with E-state index in [1.165, 1.54) is 0 Å². The Hall–Kier alpha value is -3.20. The van der Waals surface area contributed by atoms with E-state index in [9.17, 15) is 8.78 Å². The molecule has 0 unspecified atom stereocenters. The van der Waals surface area contributed by atoms with Crippen molar-refractivity contribution in [1.29, 1.82) is 0 Å². The van der Waals surface area contributed by atoms with Crippen LogP contribution >= 0.6 is 12.2 Å². The summed E-state index contributed by atoms with van der Waals surface area (Å²) in [5.74, 6) is -1.22. The third-order valence-electron chi connectivity index (χ3n) is 5.46. The summed E-state index contributed by atoms with van der Waals surface area (Å²) in [6.07, 6.45) is 0.787. The molecule has 32 heavy (non-hydrogen) atoms. The maximum absolute atomic E-state index is 13.4. The summed E-state index contributed by atoms with van der Waals surface area (Å²) >= 11 is 5.65. The van der Waals surface area contributed by atoms with Gasteiger partial charge in [0, 0.05) is 81.5 Å². The standard InChI is InChI=1S/C23H25F2N5OS/c1-28(2)18-6-4-17(5-7-18)26-23(32)30-9-8-22-20(13-30)21(27-29(22)3)14-31-19-11-15(24)10-16(25)12-19/h4-7,10-12H,8-9,13-14H2,1-3H3,(H,26,32). The number of nitrogens with one attached hydrogen (secondary N) is 1. The average molecular weight is 458 g/mol. The summed E-state index contributed by atoms with van der Waals surface area (Å²) in [5, 5.41) is 8.50. The number of aryl methyl sites for hydroxylation is 1. The number of thiocarbonyl (C=S) groups is 1. The molecule has 1 aliphatic heterocycles. The first-order chi connectivity index (χ1) is 15.3. The molecule has 0 bridgehead atoms. The van der Waals surface area contributed by atoms with Crippen LogP contribution in [0, 0.1) is 11.6 Å². The second kappa shape index (κ2) is 9.12. The fraction of sp³-hybridized carbons (Fsp3) is 0.304. The van der Waals surface area contributed by atoms with E-state index in [4.69, 9.17) is 17.0 Å². The van der Waals surface area contributed by atoms with Crippen molar-refractivity contribution in [2.24, 2.45) is 7.05 Å². The Labute approximate surface area is 191 Å². The molecule has 1 aromatic heterocycles. The summed E-state index contributed by atoms with van der Waals surface area (Å²) in [6.45, 7) is 1.47. The molecular weight excluding hydrogens is 432 g/mol. The zero-order chi connectivity index (χ0) is 22.8. The van der Waals surface area contributed by atoms with Crippen molar-refractivity contribution >= 4 is 28.7 Å². The molecule has 0 spiro atoms. The molecule has 9 heteroatoms. The number of hydrogen-bond acceptors (Lipinski definition) is 4. The molecule has 0 atom stereocenters. The van der Waals surface area contributed by atoms with Crippen molar-refractivity contribution in [2.75, 3.05) is 30.9 Å². The molecule has 2 aromatic carbocycles. The molecule has 0 aliphatic carbocycles. The maximum atomic E-state index is 13.4. The summed E-state index contributed by atoms with van der Waals surface area (Å²) in [7, 11) is 5.89. The monoisotopic (exact) mass is 457 g/mol. The highest BCUT2D eigenvalue weighted by Crippen LogP contribution is 2.25. The molecule has 4 rings (SSSR count). The van der Waals surface area contributed by atoms with Crippen LogP contribution in [0.4, 0.5) is 20.2 Å². The van der Waals surface area contributed by atoms with Crippen LogP contribution in [0.2, 0.25) is 0 Å². The van der Waals surface area contributed by atoms with Gasteiger partial charge in [-0.3, -0.25) is 4.68 Å². The fourth-order valence-corrected chi connectivity index (χ4v) is 4.04. The first-order valence-corrected chi connectivity index (χ1v) is 10.7. The minimum Gasteiger partial charge on any atom is -0.487 e. The highest BCUT2D eigenvalue weighted by molar-refractivity contribution is 7.80. The number of halogens is 2. The fourth-order valence-electron chi connectivity index (χ4n) is 3.77. The minimum absolute atomic E-state index is 0.117. The van der Waals surface area contributed by atoms with Gasteiger partial charge in [-0.15, -0.1) is 0 Å². The van der Waals surface area contributed by atoms with Gasteiger partial charge >= 0.3 is 0 Å². The van der Waals surface area contributed by atoms with Crippen LogP contribution in [0.3, 0.4) is 0 Å². The molecule has 0 fully saturated rings. The van der Waals surface area contributed by atoms with Crippen LogP contribution in [-0.4, -0.2) is 40.4 Å². The Bertz CT molecular complexity index is 1110.